The molecule has 0 saturated carbocycles. The summed E-state index contributed by atoms with van der Waals surface area (Å²) in [5, 5.41) is 9.88. The Bertz CT molecular complexity index is 548. The van der Waals surface area contributed by atoms with Crippen LogP contribution in [0.1, 0.15) is 12.0 Å². The lowest BCUT2D eigenvalue weighted by Crippen LogP contribution is -2.18. The maximum absolute atomic E-state index is 8.58. The summed E-state index contributed by atoms with van der Waals surface area (Å²) >= 11 is 0. The van der Waals surface area contributed by atoms with Crippen LogP contribution in [0.25, 0.3) is 10.9 Å². The van der Waals surface area contributed by atoms with Gasteiger partial charge in [-0.2, -0.15) is 5.26 Å². The van der Waals surface area contributed by atoms with Crippen molar-refractivity contribution < 1.29 is 0 Å². The third-order valence-corrected chi connectivity index (χ3v) is 3.03. The highest BCUT2D eigenvalue weighted by Gasteiger charge is 2.07. The van der Waals surface area contributed by atoms with E-state index < -0.39 is 0 Å². The number of rotatable bonds is 4. The van der Waals surface area contributed by atoms with Gasteiger partial charge in [0, 0.05) is 43.7 Å². The molecule has 0 fully saturated rings. The van der Waals surface area contributed by atoms with Gasteiger partial charge in [-0.1, -0.05) is 18.2 Å². The van der Waals surface area contributed by atoms with Crippen LogP contribution >= 0.6 is 0 Å². The highest BCUT2D eigenvalue weighted by atomic mass is 15.1. The number of nitriles is 1. The van der Waals surface area contributed by atoms with E-state index in [4.69, 9.17) is 5.26 Å². The number of benzene rings is 1. The fraction of sp³-hybridized carbons (Fsp3) is 0.357. The molecule has 0 spiro atoms. The van der Waals surface area contributed by atoms with E-state index in [0.29, 0.717) is 6.42 Å². The average molecular weight is 227 g/mol. The van der Waals surface area contributed by atoms with Gasteiger partial charge >= 0.3 is 0 Å². The van der Waals surface area contributed by atoms with Crippen LogP contribution in [0.5, 0.6) is 0 Å². The molecule has 0 amide bonds. The summed E-state index contributed by atoms with van der Waals surface area (Å²) in [5.41, 5.74) is 2.58. The first-order chi connectivity index (χ1) is 8.22. The number of para-hydroxylation sites is 1. The van der Waals surface area contributed by atoms with Gasteiger partial charge in [-0.15, -0.1) is 0 Å². The van der Waals surface area contributed by atoms with Crippen molar-refractivity contribution >= 4 is 10.9 Å². The van der Waals surface area contributed by atoms with E-state index in [0.717, 1.165) is 13.1 Å². The first-order valence-electron chi connectivity index (χ1n) is 5.81. The van der Waals surface area contributed by atoms with E-state index in [2.05, 4.69) is 60.1 Å². The van der Waals surface area contributed by atoms with Crippen molar-refractivity contribution in [3.05, 3.63) is 36.0 Å². The molecule has 0 aliphatic carbocycles. The van der Waals surface area contributed by atoms with Gasteiger partial charge in [0.2, 0.25) is 0 Å². The molecule has 1 heterocycles. The molecule has 0 atom stereocenters. The molecule has 2 rings (SSSR count). The minimum Gasteiger partial charge on any atom is -0.350 e. The maximum Gasteiger partial charge on any atom is 0.0635 e. The van der Waals surface area contributed by atoms with Gasteiger partial charge in [0.1, 0.15) is 0 Å². The van der Waals surface area contributed by atoms with Crippen molar-refractivity contribution in [2.45, 2.75) is 13.0 Å². The highest BCUT2D eigenvalue weighted by molar-refractivity contribution is 5.83. The first kappa shape index (κ1) is 11.7. The maximum atomic E-state index is 8.58. The lowest BCUT2D eigenvalue weighted by atomic mass is 10.1. The number of hydrogen-bond acceptors (Lipinski definition) is 2. The summed E-state index contributed by atoms with van der Waals surface area (Å²) in [7, 11) is 4.13. The third kappa shape index (κ3) is 2.48. The summed E-state index contributed by atoms with van der Waals surface area (Å²) in [6.45, 7) is 1.71. The average Bonchev–Trinajstić information content (AvgIpc) is 2.65. The molecule has 3 heteroatoms. The van der Waals surface area contributed by atoms with Gasteiger partial charge in [0.15, 0.2) is 0 Å². The Hall–Kier alpha value is -1.79. The van der Waals surface area contributed by atoms with Crippen LogP contribution in [0.4, 0.5) is 0 Å². The van der Waals surface area contributed by atoms with E-state index >= 15 is 0 Å². The van der Waals surface area contributed by atoms with E-state index in [1.54, 1.807) is 0 Å². The fourth-order valence-electron chi connectivity index (χ4n) is 2.16. The summed E-state index contributed by atoms with van der Waals surface area (Å²) in [5.74, 6) is 0. The zero-order valence-electron chi connectivity index (χ0n) is 10.3. The van der Waals surface area contributed by atoms with Crippen molar-refractivity contribution in [2.24, 2.45) is 7.05 Å². The molecule has 0 bridgehead atoms. The van der Waals surface area contributed by atoms with Crippen molar-refractivity contribution in [3.8, 4) is 6.07 Å². The Labute approximate surface area is 102 Å². The zero-order valence-corrected chi connectivity index (χ0v) is 10.3. The van der Waals surface area contributed by atoms with Crippen LogP contribution in [0.2, 0.25) is 0 Å². The van der Waals surface area contributed by atoms with E-state index in [1.807, 2.05) is 0 Å². The van der Waals surface area contributed by atoms with E-state index in [9.17, 15) is 0 Å². The van der Waals surface area contributed by atoms with Crippen LogP contribution in [-0.2, 0) is 13.6 Å². The Morgan fingerprint density at radius 2 is 2.12 bits per heavy atom. The summed E-state index contributed by atoms with van der Waals surface area (Å²) in [4.78, 5) is 2.19. The Morgan fingerprint density at radius 3 is 2.88 bits per heavy atom. The van der Waals surface area contributed by atoms with Crippen molar-refractivity contribution in [1.82, 2.24) is 9.47 Å². The summed E-state index contributed by atoms with van der Waals surface area (Å²) in [6, 6.07) is 10.6. The predicted octanol–water partition coefficient (Wildman–Crippen LogP) is 2.52. The molecule has 1 aromatic heterocycles. The smallest absolute Gasteiger partial charge is 0.0635 e. The Kier molecular flexibility index (Phi) is 3.46. The molecule has 2 aromatic rings. The number of nitrogens with zero attached hydrogens (tertiary/aromatic N) is 3. The highest BCUT2D eigenvalue weighted by Crippen LogP contribution is 2.21. The molecule has 1 aromatic carbocycles. The van der Waals surface area contributed by atoms with Gasteiger partial charge in [0.25, 0.3) is 0 Å². The summed E-state index contributed by atoms with van der Waals surface area (Å²) < 4.78 is 2.16. The van der Waals surface area contributed by atoms with Gasteiger partial charge in [-0.25, -0.2) is 0 Å². The fourth-order valence-corrected chi connectivity index (χ4v) is 2.16. The van der Waals surface area contributed by atoms with Gasteiger partial charge < -0.3 is 9.47 Å². The molecular weight excluding hydrogens is 210 g/mol. The summed E-state index contributed by atoms with van der Waals surface area (Å²) in [6.07, 6.45) is 2.76. The van der Waals surface area contributed by atoms with Crippen LogP contribution in [0.15, 0.2) is 30.5 Å². The third-order valence-electron chi connectivity index (χ3n) is 3.03. The van der Waals surface area contributed by atoms with Crippen molar-refractivity contribution in [3.63, 3.8) is 0 Å². The lowest BCUT2D eigenvalue weighted by molar-refractivity contribution is 0.336. The topological polar surface area (TPSA) is 32.0 Å². The van der Waals surface area contributed by atoms with Crippen LogP contribution in [-0.4, -0.2) is 23.1 Å². The number of hydrogen-bond donors (Lipinski definition) is 0. The largest absolute Gasteiger partial charge is 0.350 e. The van der Waals surface area contributed by atoms with Crippen LogP contribution in [0.3, 0.4) is 0 Å². The molecule has 0 radical (unpaired) electrons. The number of fused-ring (bicyclic) bond motifs is 1. The zero-order chi connectivity index (χ0) is 12.3. The normalized spacial score (nSPS) is 10.9. The monoisotopic (exact) mass is 227 g/mol. The molecule has 0 saturated heterocycles. The SMILES string of the molecule is CN(CCC#N)Cc1cn(C)c2ccccc12. The van der Waals surface area contributed by atoms with Gasteiger partial charge in [-0.3, -0.25) is 0 Å². The molecule has 0 aliphatic heterocycles. The van der Waals surface area contributed by atoms with Crippen LogP contribution in [0, 0.1) is 11.3 Å². The standard InChI is InChI=1S/C14H17N3/c1-16(9-5-8-15)10-12-11-17(2)14-7-4-3-6-13(12)14/h3-4,6-7,11H,5,9-10H2,1-2H3. The van der Waals surface area contributed by atoms with Gasteiger partial charge in [-0.05, 0) is 18.7 Å². The van der Waals surface area contributed by atoms with Crippen molar-refractivity contribution in [2.75, 3.05) is 13.6 Å². The Morgan fingerprint density at radius 1 is 1.35 bits per heavy atom. The quantitative estimate of drug-likeness (QED) is 0.804. The molecule has 17 heavy (non-hydrogen) atoms. The Balaban J connectivity index is 2.22. The first-order valence-corrected chi connectivity index (χ1v) is 5.81. The number of aromatic nitrogens is 1. The predicted molar refractivity (Wildman–Crippen MR) is 69.5 cm³/mol. The molecule has 88 valence electrons. The van der Waals surface area contributed by atoms with Gasteiger partial charge in [0.05, 0.1) is 6.07 Å². The lowest BCUT2D eigenvalue weighted by Gasteiger charge is -2.13. The number of aryl methyl sites for hydroxylation is 1. The second-order valence-corrected chi connectivity index (χ2v) is 4.43. The molecular formula is C14H17N3. The molecule has 0 unspecified atom stereocenters. The molecule has 0 aliphatic rings. The molecule has 3 nitrogen and oxygen atoms in total. The second-order valence-electron chi connectivity index (χ2n) is 4.43. The van der Waals surface area contributed by atoms with Crippen molar-refractivity contribution in [1.29, 1.82) is 5.26 Å². The minimum absolute atomic E-state index is 0.585. The second kappa shape index (κ2) is 5.03. The van der Waals surface area contributed by atoms with Crippen LogP contribution < -0.4 is 0 Å². The van der Waals surface area contributed by atoms with E-state index in [1.165, 1.54) is 16.5 Å². The molecule has 0 N–H and O–H groups in total. The van der Waals surface area contributed by atoms with E-state index in [-0.39, 0.29) is 0 Å². The minimum atomic E-state index is 0.585.